The molecular formula is C17H16IN3S. The molecule has 5 heteroatoms. The van der Waals surface area contributed by atoms with Crippen molar-refractivity contribution in [3.8, 4) is 16.9 Å². The molecule has 0 unspecified atom stereocenters. The summed E-state index contributed by atoms with van der Waals surface area (Å²) in [5, 5.41) is 12.8. The standard InChI is InChI=1S/C17H16IN3S/c18-13-4-6-14(7-5-13)21-17-15(3-1-2-9-19-17)16(20-21)12-8-10-22-11-12/h4-8,10-11,19H,1-3,9H2. The molecule has 1 aromatic carbocycles. The molecule has 2 aromatic heterocycles. The number of anilines is 1. The lowest BCUT2D eigenvalue weighted by Crippen LogP contribution is -2.07. The molecular weight excluding hydrogens is 405 g/mol. The second kappa shape index (κ2) is 6.04. The summed E-state index contributed by atoms with van der Waals surface area (Å²) in [7, 11) is 0. The summed E-state index contributed by atoms with van der Waals surface area (Å²) < 4.78 is 3.31. The number of halogens is 1. The molecule has 1 N–H and O–H groups in total. The Kier molecular flexibility index (Phi) is 3.92. The highest BCUT2D eigenvalue weighted by Crippen LogP contribution is 2.34. The van der Waals surface area contributed by atoms with Crippen LogP contribution < -0.4 is 5.32 Å². The van der Waals surface area contributed by atoms with Crippen molar-refractivity contribution in [1.29, 1.82) is 0 Å². The van der Waals surface area contributed by atoms with Gasteiger partial charge in [-0.2, -0.15) is 16.4 Å². The van der Waals surface area contributed by atoms with E-state index in [1.54, 1.807) is 11.3 Å². The third kappa shape index (κ3) is 2.56. The highest BCUT2D eigenvalue weighted by molar-refractivity contribution is 14.1. The average molecular weight is 421 g/mol. The molecule has 0 bridgehead atoms. The molecule has 0 fully saturated rings. The van der Waals surface area contributed by atoms with Crippen LogP contribution in [0.25, 0.3) is 16.9 Å². The Bertz CT molecular complexity index is 775. The van der Waals surface area contributed by atoms with Crippen LogP contribution in [0.15, 0.2) is 41.1 Å². The van der Waals surface area contributed by atoms with Crippen molar-refractivity contribution in [3.05, 3.63) is 50.2 Å². The zero-order valence-electron chi connectivity index (χ0n) is 12.1. The fraction of sp³-hybridized carbons (Fsp3) is 0.235. The van der Waals surface area contributed by atoms with Crippen molar-refractivity contribution in [2.75, 3.05) is 11.9 Å². The molecule has 3 nitrogen and oxygen atoms in total. The van der Waals surface area contributed by atoms with Crippen LogP contribution >= 0.6 is 33.9 Å². The molecule has 1 aliphatic rings. The first-order valence-corrected chi connectivity index (χ1v) is 9.49. The minimum absolute atomic E-state index is 1.02. The number of hydrogen-bond acceptors (Lipinski definition) is 3. The van der Waals surface area contributed by atoms with E-state index < -0.39 is 0 Å². The van der Waals surface area contributed by atoms with Crippen molar-refractivity contribution in [3.63, 3.8) is 0 Å². The molecule has 22 heavy (non-hydrogen) atoms. The number of nitrogens with zero attached hydrogens (tertiary/aromatic N) is 2. The van der Waals surface area contributed by atoms with E-state index in [0.717, 1.165) is 24.3 Å². The first kappa shape index (κ1) is 14.3. The van der Waals surface area contributed by atoms with E-state index in [9.17, 15) is 0 Å². The van der Waals surface area contributed by atoms with Crippen molar-refractivity contribution in [1.82, 2.24) is 9.78 Å². The lowest BCUT2D eigenvalue weighted by Gasteiger charge is -2.09. The molecule has 0 amide bonds. The summed E-state index contributed by atoms with van der Waals surface area (Å²) in [4.78, 5) is 0. The molecule has 0 spiro atoms. The van der Waals surface area contributed by atoms with Gasteiger partial charge in [-0.3, -0.25) is 0 Å². The largest absolute Gasteiger partial charge is 0.370 e. The van der Waals surface area contributed by atoms with Crippen LogP contribution in [0.3, 0.4) is 0 Å². The number of aromatic nitrogens is 2. The van der Waals surface area contributed by atoms with Gasteiger partial charge >= 0.3 is 0 Å². The van der Waals surface area contributed by atoms with E-state index in [2.05, 4.69) is 73.7 Å². The Labute approximate surface area is 147 Å². The van der Waals surface area contributed by atoms with Crippen LogP contribution in [0.1, 0.15) is 18.4 Å². The number of rotatable bonds is 2. The normalized spacial score (nSPS) is 14.2. The lowest BCUT2D eigenvalue weighted by atomic mass is 10.1. The van der Waals surface area contributed by atoms with Crippen molar-refractivity contribution >= 4 is 39.7 Å². The van der Waals surface area contributed by atoms with Gasteiger partial charge in [0.15, 0.2) is 0 Å². The fourth-order valence-corrected chi connectivity index (χ4v) is 3.90. The molecule has 0 radical (unpaired) electrons. The fourth-order valence-electron chi connectivity index (χ4n) is 2.90. The molecule has 4 rings (SSSR count). The lowest BCUT2D eigenvalue weighted by molar-refractivity contribution is 0.780. The van der Waals surface area contributed by atoms with Gasteiger partial charge in [-0.15, -0.1) is 0 Å². The SMILES string of the molecule is Ic1ccc(-n2nc(-c3ccsc3)c3c2NCCCC3)cc1. The second-order valence-electron chi connectivity index (χ2n) is 5.46. The maximum absolute atomic E-state index is 4.93. The van der Waals surface area contributed by atoms with Crippen LogP contribution in [0.5, 0.6) is 0 Å². The van der Waals surface area contributed by atoms with Gasteiger partial charge < -0.3 is 5.32 Å². The molecule has 3 aromatic rings. The Morgan fingerprint density at radius 1 is 1.14 bits per heavy atom. The van der Waals surface area contributed by atoms with Gasteiger partial charge in [0.1, 0.15) is 5.82 Å². The minimum Gasteiger partial charge on any atom is -0.370 e. The maximum atomic E-state index is 4.93. The van der Waals surface area contributed by atoms with Crippen molar-refractivity contribution in [2.45, 2.75) is 19.3 Å². The molecule has 0 aliphatic carbocycles. The minimum atomic E-state index is 1.02. The zero-order valence-corrected chi connectivity index (χ0v) is 15.0. The predicted molar refractivity (Wildman–Crippen MR) is 101 cm³/mol. The summed E-state index contributed by atoms with van der Waals surface area (Å²) in [5.74, 6) is 1.17. The second-order valence-corrected chi connectivity index (χ2v) is 7.49. The number of thiophene rings is 1. The zero-order chi connectivity index (χ0) is 14.9. The summed E-state index contributed by atoms with van der Waals surface area (Å²) in [6, 6.07) is 10.7. The highest BCUT2D eigenvalue weighted by atomic mass is 127. The van der Waals surface area contributed by atoms with E-state index in [0.29, 0.717) is 0 Å². The van der Waals surface area contributed by atoms with Gasteiger partial charge in [0, 0.05) is 26.6 Å². The van der Waals surface area contributed by atoms with Crippen LogP contribution in [-0.4, -0.2) is 16.3 Å². The first-order chi connectivity index (χ1) is 10.8. The van der Waals surface area contributed by atoms with E-state index in [4.69, 9.17) is 5.10 Å². The summed E-state index contributed by atoms with van der Waals surface area (Å²) >= 11 is 4.06. The summed E-state index contributed by atoms with van der Waals surface area (Å²) in [5.41, 5.74) is 4.83. The summed E-state index contributed by atoms with van der Waals surface area (Å²) in [6.45, 7) is 1.02. The number of hydrogen-bond donors (Lipinski definition) is 1. The van der Waals surface area contributed by atoms with Crippen LogP contribution in [0.2, 0.25) is 0 Å². The topological polar surface area (TPSA) is 29.9 Å². The first-order valence-electron chi connectivity index (χ1n) is 7.47. The maximum Gasteiger partial charge on any atom is 0.133 e. The molecule has 1 aliphatic heterocycles. The van der Waals surface area contributed by atoms with Gasteiger partial charge in [-0.25, -0.2) is 4.68 Å². The Hall–Kier alpha value is -1.34. The molecule has 112 valence electrons. The van der Waals surface area contributed by atoms with Crippen molar-refractivity contribution < 1.29 is 0 Å². The van der Waals surface area contributed by atoms with Crippen LogP contribution in [0, 0.1) is 3.57 Å². The number of benzene rings is 1. The monoisotopic (exact) mass is 421 g/mol. The average Bonchev–Trinajstić information content (AvgIpc) is 3.10. The molecule has 0 saturated heterocycles. The quantitative estimate of drug-likeness (QED) is 0.594. The van der Waals surface area contributed by atoms with Crippen molar-refractivity contribution in [2.24, 2.45) is 0 Å². The highest BCUT2D eigenvalue weighted by Gasteiger charge is 2.21. The number of fused-ring (bicyclic) bond motifs is 1. The molecule has 0 saturated carbocycles. The van der Waals surface area contributed by atoms with Crippen LogP contribution in [0.4, 0.5) is 5.82 Å². The van der Waals surface area contributed by atoms with Gasteiger partial charge in [0.25, 0.3) is 0 Å². The van der Waals surface area contributed by atoms with Gasteiger partial charge in [-0.1, -0.05) is 0 Å². The van der Waals surface area contributed by atoms with E-state index in [1.807, 2.05) is 0 Å². The van der Waals surface area contributed by atoms with Gasteiger partial charge in [0.05, 0.1) is 11.4 Å². The number of nitrogens with one attached hydrogen (secondary N) is 1. The predicted octanol–water partition coefficient (Wildman–Crippen LogP) is 4.95. The van der Waals surface area contributed by atoms with E-state index in [-0.39, 0.29) is 0 Å². The molecule has 3 heterocycles. The van der Waals surface area contributed by atoms with Crippen LogP contribution in [-0.2, 0) is 6.42 Å². The van der Waals surface area contributed by atoms with E-state index in [1.165, 1.54) is 33.4 Å². The van der Waals surface area contributed by atoms with E-state index >= 15 is 0 Å². The third-order valence-electron chi connectivity index (χ3n) is 4.00. The smallest absolute Gasteiger partial charge is 0.133 e. The Balaban J connectivity index is 1.89. The Morgan fingerprint density at radius 2 is 2.00 bits per heavy atom. The third-order valence-corrected chi connectivity index (χ3v) is 5.40. The Morgan fingerprint density at radius 3 is 2.77 bits per heavy atom. The molecule has 0 atom stereocenters. The van der Waals surface area contributed by atoms with Gasteiger partial charge in [-0.05, 0) is 77.6 Å². The summed E-state index contributed by atoms with van der Waals surface area (Å²) in [6.07, 6.45) is 3.53. The van der Waals surface area contributed by atoms with Gasteiger partial charge in [0.2, 0.25) is 0 Å².